The Balaban J connectivity index is 3.08. The van der Waals surface area contributed by atoms with Gasteiger partial charge in [0.05, 0.1) is 6.04 Å². The minimum atomic E-state index is -0.119. The van der Waals surface area contributed by atoms with Crippen LogP contribution in [0.5, 0.6) is 0 Å². The standard InChI is InChI=1S/C12H17NO/c1-4-10-7-5-6-8-11(10)12(9-14)13(2)3/h5-9,12H,4H2,1-3H3. The van der Waals surface area contributed by atoms with Crippen molar-refractivity contribution in [2.75, 3.05) is 14.1 Å². The molecule has 76 valence electrons. The average molecular weight is 191 g/mol. The Morgan fingerprint density at radius 2 is 2.00 bits per heavy atom. The Hall–Kier alpha value is -1.15. The minimum absolute atomic E-state index is 0.119. The summed E-state index contributed by atoms with van der Waals surface area (Å²) < 4.78 is 0. The monoisotopic (exact) mass is 191 g/mol. The quantitative estimate of drug-likeness (QED) is 0.679. The van der Waals surface area contributed by atoms with E-state index in [4.69, 9.17) is 0 Å². The summed E-state index contributed by atoms with van der Waals surface area (Å²) in [5, 5.41) is 0. The van der Waals surface area contributed by atoms with E-state index in [0.717, 1.165) is 18.3 Å². The number of rotatable bonds is 4. The van der Waals surface area contributed by atoms with Crippen molar-refractivity contribution in [3.8, 4) is 0 Å². The van der Waals surface area contributed by atoms with E-state index in [1.807, 2.05) is 37.2 Å². The number of nitrogens with zero attached hydrogens (tertiary/aromatic N) is 1. The molecule has 0 bridgehead atoms. The lowest BCUT2D eigenvalue weighted by Crippen LogP contribution is -2.22. The molecule has 0 saturated carbocycles. The molecule has 2 nitrogen and oxygen atoms in total. The second-order valence-corrected chi connectivity index (χ2v) is 3.60. The van der Waals surface area contributed by atoms with Gasteiger partial charge in [-0.25, -0.2) is 0 Å². The van der Waals surface area contributed by atoms with Crippen LogP contribution >= 0.6 is 0 Å². The van der Waals surface area contributed by atoms with Crippen LogP contribution in [0.25, 0.3) is 0 Å². The molecule has 0 amide bonds. The van der Waals surface area contributed by atoms with Gasteiger partial charge in [0.15, 0.2) is 0 Å². The second-order valence-electron chi connectivity index (χ2n) is 3.60. The molecule has 0 spiro atoms. The molecule has 0 saturated heterocycles. The van der Waals surface area contributed by atoms with Crippen LogP contribution < -0.4 is 0 Å². The fourth-order valence-electron chi connectivity index (χ4n) is 1.62. The van der Waals surface area contributed by atoms with Crippen LogP contribution in [0.2, 0.25) is 0 Å². The van der Waals surface area contributed by atoms with Crippen LogP contribution in [0, 0.1) is 0 Å². The van der Waals surface area contributed by atoms with Crippen LogP contribution in [0.3, 0.4) is 0 Å². The maximum atomic E-state index is 11.0. The van der Waals surface area contributed by atoms with Gasteiger partial charge in [0.1, 0.15) is 6.29 Å². The van der Waals surface area contributed by atoms with Crippen LogP contribution in [0.1, 0.15) is 24.1 Å². The van der Waals surface area contributed by atoms with Crippen molar-refractivity contribution < 1.29 is 4.79 Å². The Kier molecular flexibility index (Phi) is 3.84. The third kappa shape index (κ3) is 2.20. The zero-order valence-corrected chi connectivity index (χ0v) is 9.03. The largest absolute Gasteiger partial charge is 0.301 e. The topological polar surface area (TPSA) is 20.3 Å². The maximum absolute atomic E-state index is 11.0. The molecule has 1 rings (SSSR count). The third-order valence-electron chi connectivity index (χ3n) is 2.44. The highest BCUT2D eigenvalue weighted by atomic mass is 16.1. The van der Waals surface area contributed by atoms with Crippen LogP contribution in [-0.4, -0.2) is 25.3 Å². The summed E-state index contributed by atoms with van der Waals surface area (Å²) in [6.07, 6.45) is 1.96. The molecule has 1 aromatic carbocycles. The SMILES string of the molecule is CCc1ccccc1C(C=O)N(C)C. The van der Waals surface area contributed by atoms with E-state index < -0.39 is 0 Å². The van der Waals surface area contributed by atoms with Gasteiger partial charge in [0.2, 0.25) is 0 Å². The zero-order valence-electron chi connectivity index (χ0n) is 9.03. The predicted molar refractivity (Wildman–Crippen MR) is 58.3 cm³/mol. The normalized spacial score (nSPS) is 12.9. The lowest BCUT2D eigenvalue weighted by atomic mass is 9.99. The number of aryl methyl sites for hydroxylation is 1. The molecule has 0 fully saturated rings. The van der Waals surface area contributed by atoms with Crippen molar-refractivity contribution in [3.63, 3.8) is 0 Å². The molecule has 0 aliphatic rings. The summed E-state index contributed by atoms with van der Waals surface area (Å²) >= 11 is 0. The van der Waals surface area contributed by atoms with Crippen molar-refractivity contribution in [3.05, 3.63) is 35.4 Å². The van der Waals surface area contributed by atoms with Gasteiger partial charge >= 0.3 is 0 Å². The Morgan fingerprint density at radius 3 is 2.50 bits per heavy atom. The van der Waals surface area contributed by atoms with E-state index in [-0.39, 0.29) is 6.04 Å². The molecule has 1 atom stereocenters. The first-order valence-electron chi connectivity index (χ1n) is 4.90. The first-order valence-corrected chi connectivity index (χ1v) is 4.90. The van der Waals surface area contributed by atoms with Gasteiger partial charge in [0, 0.05) is 0 Å². The summed E-state index contributed by atoms with van der Waals surface area (Å²) in [5.41, 5.74) is 2.37. The number of hydrogen-bond acceptors (Lipinski definition) is 2. The molecule has 0 radical (unpaired) electrons. The van der Waals surface area contributed by atoms with E-state index in [0.29, 0.717) is 0 Å². The van der Waals surface area contributed by atoms with Gasteiger partial charge in [-0.1, -0.05) is 31.2 Å². The van der Waals surface area contributed by atoms with Crippen molar-refractivity contribution >= 4 is 6.29 Å². The molecular weight excluding hydrogens is 174 g/mol. The second kappa shape index (κ2) is 4.91. The zero-order chi connectivity index (χ0) is 10.6. The van der Waals surface area contributed by atoms with Gasteiger partial charge in [-0.2, -0.15) is 0 Å². The van der Waals surface area contributed by atoms with Gasteiger partial charge in [0.25, 0.3) is 0 Å². The summed E-state index contributed by atoms with van der Waals surface area (Å²) in [7, 11) is 3.84. The van der Waals surface area contributed by atoms with Gasteiger partial charge in [-0.05, 0) is 31.6 Å². The highest BCUT2D eigenvalue weighted by molar-refractivity contribution is 5.62. The molecule has 1 aromatic rings. The highest BCUT2D eigenvalue weighted by Crippen LogP contribution is 2.20. The summed E-state index contributed by atoms with van der Waals surface area (Å²) in [6, 6.07) is 7.98. The van der Waals surface area contributed by atoms with Crippen molar-refractivity contribution in [2.45, 2.75) is 19.4 Å². The molecule has 0 aliphatic carbocycles. The van der Waals surface area contributed by atoms with Crippen molar-refractivity contribution in [1.29, 1.82) is 0 Å². The maximum Gasteiger partial charge on any atom is 0.141 e. The predicted octanol–water partition coefficient (Wildman–Crippen LogP) is 2.05. The van der Waals surface area contributed by atoms with Gasteiger partial charge in [-0.15, -0.1) is 0 Å². The van der Waals surface area contributed by atoms with Crippen LogP contribution in [0.15, 0.2) is 24.3 Å². The van der Waals surface area contributed by atoms with E-state index in [1.54, 1.807) is 0 Å². The fraction of sp³-hybridized carbons (Fsp3) is 0.417. The summed E-state index contributed by atoms with van der Waals surface area (Å²) in [6.45, 7) is 2.11. The number of hydrogen-bond donors (Lipinski definition) is 0. The van der Waals surface area contributed by atoms with E-state index in [1.165, 1.54) is 5.56 Å². The molecule has 0 heterocycles. The Morgan fingerprint density at radius 1 is 1.36 bits per heavy atom. The molecule has 0 aliphatic heterocycles. The fourth-order valence-corrected chi connectivity index (χ4v) is 1.62. The van der Waals surface area contributed by atoms with Gasteiger partial charge in [-0.3, -0.25) is 4.90 Å². The summed E-state index contributed by atoms with van der Waals surface area (Å²) in [5.74, 6) is 0. The smallest absolute Gasteiger partial charge is 0.141 e. The molecule has 0 N–H and O–H groups in total. The van der Waals surface area contributed by atoms with E-state index in [2.05, 4.69) is 13.0 Å². The minimum Gasteiger partial charge on any atom is -0.301 e. The number of benzene rings is 1. The molecular formula is C12H17NO. The molecule has 2 heteroatoms. The number of likely N-dealkylation sites (N-methyl/N-ethyl adjacent to an activating group) is 1. The van der Waals surface area contributed by atoms with E-state index >= 15 is 0 Å². The van der Waals surface area contributed by atoms with Crippen LogP contribution in [-0.2, 0) is 11.2 Å². The van der Waals surface area contributed by atoms with Gasteiger partial charge < -0.3 is 4.79 Å². The first kappa shape index (κ1) is 10.9. The van der Waals surface area contributed by atoms with E-state index in [9.17, 15) is 4.79 Å². The molecule has 1 unspecified atom stereocenters. The number of carbonyl (C=O) groups is 1. The molecule has 14 heavy (non-hydrogen) atoms. The lowest BCUT2D eigenvalue weighted by molar-refractivity contribution is -0.111. The number of aldehydes is 1. The molecule has 0 aromatic heterocycles. The Bertz CT molecular complexity index is 307. The Labute approximate surface area is 85.5 Å². The average Bonchev–Trinajstić information content (AvgIpc) is 2.19. The van der Waals surface area contributed by atoms with Crippen molar-refractivity contribution in [2.24, 2.45) is 0 Å². The van der Waals surface area contributed by atoms with Crippen molar-refractivity contribution in [1.82, 2.24) is 4.90 Å². The highest BCUT2D eigenvalue weighted by Gasteiger charge is 2.14. The summed E-state index contributed by atoms with van der Waals surface area (Å²) in [4.78, 5) is 12.9. The number of carbonyl (C=O) groups excluding carboxylic acids is 1. The van der Waals surface area contributed by atoms with Crippen LogP contribution in [0.4, 0.5) is 0 Å². The lowest BCUT2D eigenvalue weighted by Gasteiger charge is -2.21. The third-order valence-corrected chi connectivity index (χ3v) is 2.44. The first-order chi connectivity index (χ1) is 6.70.